The van der Waals surface area contributed by atoms with Gasteiger partial charge in [0.1, 0.15) is 34.9 Å². The van der Waals surface area contributed by atoms with E-state index in [2.05, 4.69) is 10.0 Å². The Morgan fingerprint density at radius 1 is 0.841 bits per heavy atom. The maximum absolute atomic E-state index is 11.9. The van der Waals surface area contributed by atoms with Gasteiger partial charge in [-0.2, -0.15) is 0 Å². The number of amidine groups is 1. The Morgan fingerprint density at radius 3 is 1.64 bits per heavy atom. The molecule has 0 amide bonds. The fraction of sp³-hybridized carbons (Fsp3) is 0.500. The van der Waals surface area contributed by atoms with E-state index in [1.54, 1.807) is 36.4 Å². The van der Waals surface area contributed by atoms with Crippen molar-refractivity contribution in [3.63, 3.8) is 0 Å². The number of carbonyl (C=O) groups excluding carboxylic acids is 2. The molecule has 0 heterocycles. The first-order valence-corrected chi connectivity index (χ1v) is 15.0. The normalized spacial score (nSPS) is 21.3. The minimum atomic E-state index is -0.472. The summed E-state index contributed by atoms with van der Waals surface area (Å²) >= 11 is 12.0. The monoisotopic (exact) mass is 647 g/mol. The predicted octanol–water partition coefficient (Wildman–Crippen LogP) is 7.32. The molecular weight excluding hydrogens is 609 g/mol. The molecule has 2 saturated carbocycles. The van der Waals surface area contributed by atoms with Gasteiger partial charge in [0.05, 0.1) is 28.5 Å². The smallest absolute Gasteiger partial charge is 0.309 e. The second-order valence-corrected chi connectivity index (χ2v) is 13.5. The maximum Gasteiger partial charge on any atom is 0.309 e. The Labute approximate surface area is 268 Å². The van der Waals surface area contributed by atoms with Gasteiger partial charge in [0.15, 0.2) is 5.84 Å². The van der Waals surface area contributed by atoms with Gasteiger partial charge >= 0.3 is 11.9 Å². The maximum atomic E-state index is 11.9. The van der Waals surface area contributed by atoms with E-state index in [1.807, 2.05) is 41.5 Å². The molecule has 10 nitrogen and oxygen atoms in total. The lowest BCUT2D eigenvalue weighted by Gasteiger charge is -2.35. The van der Waals surface area contributed by atoms with Crippen LogP contribution in [0, 0.1) is 18.4 Å². The van der Waals surface area contributed by atoms with Gasteiger partial charge in [-0.05, 0) is 97.6 Å². The van der Waals surface area contributed by atoms with Gasteiger partial charge in [0, 0.05) is 5.56 Å². The zero-order valence-electron chi connectivity index (χ0n) is 25.7. The van der Waals surface area contributed by atoms with Crippen molar-refractivity contribution in [1.29, 1.82) is 0 Å². The van der Waals surface area contributed by atoms with Crippen molar-refractivity contribution in [2.45, 2.75) is 90.6 Å². The van der Waals surface area contributed by atoms with Crippen molar-refractivity contribution in [2.75, 3.05) is 0 Å². The number of oxime groups is 1. The molecule has 0 aromatic heterocycles. The molecule has 4 rings (SSSR count). The van der Waals surface area contributed by atoms with Crippen LogP contribution in [0.5, 0.6) is 11.5 Å². The van der Waals surface area contributed by atoms with Crippen LogP contribution in [0.25, 0.3) is 4.85 Å². The highest BCUT2D eigenvalue weighted by atomic mass is 35.5. The number of rotatable bonds is 7. The van der Waals surface area contributed by atoms with Gasteiger partial charge < -0.3 is 29.9 Å². The molecule has 0 aliphatic heterocycles. The lowest BCUT2D eigenvalue weighted by atomic mass is 9.82. The molecule has 2 aliphatic carbocycles. The molecule has 2 aliphatic rings. The molecule has 44 heavy (non-hydrogen) atoms. The molecule has 0 spiro atoms. The topological polar surface area (TPSA) is 134 Å². The van der Waals surface area contributed by atoms with Gasteiger partial charge in [0.2, 0.25) is 5.69 Å². The van der Waals surface area contributed by atoms with Crippen LogP contribution in [0.3, 0.4) is 0 Å². The van der Waals surface area contributed by atoms with E-state index in [1.165, 1.54) is 0 Å². The van der Waals surface area contributed by atoms with E-state index in [4.69, 9.17) is 59.7 Å². The molecule has 2 fully saturated rings. The number of carbonyl (C=O) groups is 2. The number of hydrogen-bond acceptors (Lipinski definition) is 8. The lowest BCUT2D eigenvalue weighted by molar-refractivity contribution is -0.167. The number of esters is 2. The fourth-order valence-electron chi connectivity index (χ4n) is 4.35. The molecule has 0 saturated heterocycles. The summed E-state index contributed by atoms with van der Waals surface area (Å²) in [5, 5.41) is 12.3. The van der Waals surface area contributed by atoms with Gasteiger partial charge in [-0.1, -0.05) is 34.4 Å². The molecule has 2 aromatic rings. The van der Waals surface area contributed by atoms with Gasteiger partial charge in [-0.3, -0.25) is 9.59 Å². The quantitative estimate of drug-likeness (QED) is 0.0797. The van der Waals surface area contributed by atoms with Crippen LogP contribution < -0.4 is 15.2 Å². The average Bonchev–Trinajstić information content (AvgIpc) is 2.85. The number of nitrogens with zero attached hydrogens (tertiary/aromatic N) is 2. The van der Waals surface area contributed by atoms with Crippen molar-refractivity contribution in [2.24, 2.45) is 22.7 Å². The summed E-state index contributed by atoms with van der Waals surface area (Å²) in [6.07, 6.45) is 2.49. The first kappa shape index (κ1) is 34.8. The third-order valence-electron chi connectivity index (χ3n) is 6.64. The van der Waals surface area contributed by atoms with E-state index in [9.17, 15) is 9.59 Å². The van der Waals surface area contributed by atoms with Crippen LogP contribution in [-0.2, 0) is 19.1 Å². The Kier molecular flexibility index (Phi) is 11.4. The Hall–Kier alpha value is -3.68. The van der Waals surface area contributed by atoms with Gasteiger partial charge in [-0.25, -0.2) is 4.85 Å². The summed E-state index contributed by atoms with van der Waals surface area (Å²) < 4.78 is 22.2. The minimum absolute atomic E-state index is 0.00243. The number of ether oxygens (including phenoxy) is 4. The average molecular weight is 649 g/mol. The standard InChI is InChI=1S/C16H21ClN2O4.C16H18ClNO3/c1-16(2,3)23-15(20)9-6-11(7-9)22-10-4-5-12(13(17)8-10)14(18)19-21;1-16(2,3)21-15(19)10-7-12(8-10)20-11-5-6-14(18-4)13(17)9-11/h4-5,8-9,11,21H,6-7H2,1-3H3,(H2,18,19);5-6,9-10,12H,7-8H2,1-3H3. The van der Waals surface area contributed by atoms with Gasteiger partial charge in [0.25, 0.3) is 0 Å². The Bertz CT molecular complexity index is 1410. The summed E-state index contributed by atoms with van der Waals surface area (Å²) in [7, 11) is 0. The first-order chi connectivity index (χ1) is 20.5. The SMILES string of the molecule is CC(C)(C)OC(=O)C1CC(Oc2ccc(/C(N)=N/O)c(Cl)c2)C1.[C-]#[N+]c1ccc(OC2CC(C(=O)OC(C)(C)C)C2)cc1Cl. The highest BCUT2D eigenvalue weighted by molar-refractivity contribution is 6.34. The van der Waals surface area contributed by atoms with Crippen LogP contribution in [0.15, 0.2) is 41.6 Å². The molecule has 12 heteroatoms. The van der Waals surface area contributed by atoms with E-state index in [0.29, 0.717) is 58.5 Å². The van der Waals surface area contributed by atoms with Gasteiger partial charge in [-0.15, -0.1) is 0 Å². The number of halogens is 2. The molecule has 3 N–H and O–H groups in total. The van der Waals surface area contributed by atoms with Crippen molar-refractivity contribution < 1.29 is 33.7 Å². The third kappa shape index (κ3) is 10.2. The minimum Gasteiger partial charge on any atom is -0.490 e. The summed E-state index contributed by atoms with van der Waals surface area (Å²) in [4.78, 5) is 27.0. The Morgan fingerprint density at radius 2 is 1.27 bits per heavy atom. The van der Waals surface area contributed by atoms with E-state index >= 15 is 0 Å². The number of hydrogen-bond donors (Lipinski definition) is 2. The first-order valence-electron chi connectivity index (χ1n) is 14.2. The Balaban J connectivity index is 0.000000241. The highest BCUT2D eigenvalue weighted by Gasteiger charge is 2.39. The summed E-state index contributed by atoms with van der Waals surface area (Å²) in [6.45, 7) is 18.1. The summed E-state index contributed by atoms with van der Waals surface area (Å²) in [5.74, 6) is 0.590. The van der Waals surface area contributed by atoms with Crippen LogP contribution >= 0.6 is 23.2 Å². The van der Waals surface area contributed by atoms with E-state index in [-0.39, 0.29) is 41.8 Å². The van der Waals surface area contributed by atoms with Crippen molar-refractivity contribution in [3.8, 4) is 11.5 Å². The number of benzene rings is 2. The van der Waals surface area contributed by atoms with E-state index < -0.39 is 11.2 Å². The summed E-state index contributed by atoms with van der Waals surface area (Å²) in [5.41, 5.74) is 5.42. The second kappa shape index (κ2) is 14.4. The zero-order chi connectivity index (χ0) is 32.8. The molecule has 0 atom stereocenters. The molecule has 0 unspecified atom stereocenters. The van der Waals surface area contributed by atoms with Crippen LogP contribution in [-0.4, -0.2) is 46.4 Å². The molecule has 0 bridgehead atoms. The third-order valence-corrected chi connectivity index (χ3v) is 7.25. The van der Waals surface area contributed by atoms with Crippen molar-refractivity contribution >= 4 is 46.7 Å². The molecular formula is C32H39Cl2N3O7. The van der Waals surface area contributed by atoms with Crippen LogP contribution in [0.1, 0.15) is 72.8 Å². The van der Waals surface area contributed by atoms with Crippen LogP contribution in [0.4, 0.5) is 5.69 Å². The highest BCUT2D eigenvalue weighted by Crippen LogP contribution is 2.36. The van der Waals surface area contributed by atoms with Crippen molar-refractivity contribution in [3.05, 3.63) is 63.4 Å². The molecule has 2 aromatic carbocycles. The predicted molar refractivity (Wildman–Crippen MR) is 168 cm³/mol. The van der Waals surface area contributed by atoms with Crippen molar-refractivity contribution in [1.82, 2.24) is 0 Å². The second-order valence-electron chi connectivity index (χ2n) is 12.7. The number of nitrogens with two attached hydrogens (primary N) is 1. The molecule has 238 valence electrons. The fourth-order valence-corrected chi connectivity index (χ4v) is 4.83. The lowest BCUT2D eigenvalue weighted by Crippen LogP contribution is -2.41. The zero-order valence-corrected chi connectivity index (χ0v) is 27.2. The summed E-state index contributed by atoms with van der Waals surface area (Å²) in [6, 6.07) is 9.91. The van der Waals surface area contributed by atoms with Crippen LogP contribution in [0.2, 0.25) is 10.0 Å². The molecule has 0 radical (unpaired) electrons. The largest absolute Gasteiger partial charge is 0.490 e. The van der Waals surface area contributed by atoms with E-state index in [0.717, 1.165) is 0 Å².